The first-order valence-electron chi connectivity index (χ1n) is 6.28. The summed E-state index contributed by atoms with van der Waals surface area (Å²) in [5.41, 5.74) is 0.590. The van der Waals surface area contributed by atoms with E-state index >= 15 is 0 Å². The number of nitrogens with one attached hydrogen (secondary N) is 1. The molecule has 22 heavy (non-hydrogen) atoms. The van der Waals surface area contributed by atoms with Crippen LogP contribution < -0.4 is 5.32 Å². The molecule has 2 N–H and O–H groups in total. The third kappa shape index (κ3) is 3.26. The second kappa shape index (κ2) is 6.04. The van der Waals surface area contributed by atoms with Gasteiger partial charge in [0.1, 0.15) is 5.69 Å². The molecule has 7 heteroatoms. The summed E-state index contributed by atoms with van der Waals surface area (Å²) >= 11 is 0. The molecule has 2 aromatic carbocycles. The van der Waals surface area contributed by atoms with Gasteiger partial charge in [-0.3, -0.25) is 14.9 Å². The summed E-state index contributed by atoms with van der Waals surface area (Å²) in [5.74, 6) is -1.37. The fourth-order valence-corrected chi connectivity index (χ4v) is 1.89. The number of Topliss-reactive ketones (excluding diaryl/α,β-unsaturated/α-hetero) is 1. The van der Waals surface area contributed by atoms with Crippen molar-refractivity contribution >= 4 is 28.8 Å². The van der Waals surface area contributed by atoms with E-state index in [-0.39, 0.29) is 22.7 Å². The van der Waals surface area contributed by atoms with Crippen molar-refractivity contribution < 1.29 is 19.6 Å². The Kier molecular flexibility index (Phi) is 4.17. The Bertz CT molecular complexity index is 770. The van der Waals surface area contributed by atoms with Gasteiger partial charge in [0.15, 0.2) is 5.78 Å². The second-order valence-corrected chi connectivity index (χ2v) is 4.56. The molecule has 0 heterocycles. The highest BCUT2D eigenvalue weighted by Crippen LogP contribution is 2.29. The molecule has 112 valence electrons. The monoisotopic (exact) mass is 300 g/mol. The van der Waals surface area contributed by atoms with Crippen LogP contribution in [0.25, 0.3) is 0 Å². The van der Waals surface area contributed by atoms with Crippen molar-refractivity contribution in [2.75, 3.05) is 5.32 Å². The molecule has 0 amide bonds. The van der Waals surface area contributed by atoms with E-state index in [0.29, 0.717) is 11.3 Å². The number of nitrogens with zero attached hydrogens (tertiary/aromatic N) is 1. The Balaban J connectivity index is 2.41. The molecule has 0 aromatic heterocycles. The quantitative estimate of drug-likeness (QED) is 0.498. The van der Waals surface area contributed by atoms with Gasteiger partial charge >= 0.3 is 5.97 Å². The van der Waals surface area contributed by atoms with Gasteiger partial charge in [-0.2, -0.15) is 0 Å². The van der Waals surface area contributed by atoms with E-state index in [4.69, 9.17) is 5.11 Å². The van der Waals surface area contributed by atoms with Gasteiger partial charge in [-0.05, 0) is 31.2 Å². The Morgan fingerprint density at radius 3 is 2.45 bits per heavy atom. The van der Waals surface area contributed by atoms with E-state index in [1.807, 2.05) is 0 Å². The molecule has 2 rings (SSSR count). The summed E-state index contributed by atoms with van der Waals surface area (Å²) in [7, 11) is 0. The summed E-state index contributed by atoms with van der Waals surface area (Å²) in [6.07, 6.45) is 0. The van der Waals surface area contributed by atoms with E-state index < -0.39 is 10.9 Å². The zero-order chi connectivity index (χ0) is 16.3. The number of hydrogen-bond donors (Lipinski definition) is 2. The first kappa shape index (κ1) is 15.2. The van der Waals surface area contributed by atoms with Gasteiger partial charge in [0.2, 0.25) is 0 Å². The van der Waals surface area contributed by atoms with Gasteiger partial charge in [-0.1, -0.05) is 12.1 Å². The molecule has 0 unspecified atom stereocenters. The van der Waals surface area contributed by atoms with Gasteiger partial charge < -0.3 is 10.4 Å². The summed E-state index contributed by atoms with van der Waals surface area (Å²) in [4.78, 5) is 32.6. The number of carbonyl (C=O) groups excluding carboxylic acids is 1. The maximum absolute atomic E-state index is 11.3. The number of nitro groups is 1. The van der Waals surface area contributed by atoms with Gasteiger partial charge in [-0.25, -0.2) is 4.79 Å². The number of hydrogen-bond acceptors (Lipinski definition) is 5. The summed E-state index contributed by atoms with van der Waals surface area (Å²) in [6, 6.07) is 10.1. The maximum atomic E-state index is 11.3. The number of carbonyl (C=O) groups is 2. The fourth-order valence-electron chi connectivity index (χ4n) is 1.89. The summed E-state index contributed by atoms with van der Waals surface area (Å²) in [6.45, 7) is 1.42. The third-order valence-corrected chi connectivity index (χ3v) is 2.99. The molecule has 0 aliphatic rings. The Hall–Kier alpha value is -3.22. The highest BCUT2D eigenvalue weighted by molar-refractivity contribution is 5.95. The molecule has 2 aromatic rings. The average Bonchev–Trinajstić information content (AvgIpc) is 2.47. The molecule has 0 saturated heterocycles. The van der Waals surface area contributed by atoms with Crippen LogP contribution in [0.1, 0.15) is 27.6 Å². The normalized spacial score (nSPS) is 10.0. The number of carboxylic acids is 1. The Morgan fingerprint density at radius 2 is 1.86 bits per heavy atom. The van der Waals surface area contributed by atoms with Crippen LogP contribution in [0.15, 0.2) is 42.5 Å². The van der Waals surface area contributed by atoms with Crippen molar-refractivity contribution in [1.29, 1.82) is 0 Å². The third-order valence-electron chi connectivity index (χ3n) is 2.99. The van der Waals surface area contributed by atoms with Crippen LogP contribution in [0, 0.1) is 10.1 Å². The lowest BCUT2D eigenvalue weighted by Gasteiger charge is -2.08. The predicted molar refractivity (Wildman–Crippen MR) is 79.8 cm³/mol. The number of nitro benzene ring substituents is 1. The van der Waals surface area contributed by atoms with Crippen LogP contribution in [0.2, 0.25) is 0 Å². The summed E-state index contributed by atoms with van der Waals surface area (Å²) in [5, 5.41) is 22.8. The Labute approximate surface area is 125 Å². The first-order valence-corrected chi connectivity index (χ1v) is 6.28. The number of benzene rings is 2. The van der Waals surface area contributed by atoms with Gasteiger partial charge in [0.25, 0.3) is 5.69 Å². The lowest BCUT2D eigenvalue weighted by molar-refractivity contribution is -0.383. The molecular weight excluding hydrogens is 288 g/mol. The van der Waals surface area contributed by atoms with Crippen LogP contribution in [0.3, 0.4) is 0 Å². The van der Waals surface area contributed by atoms with Gasteiger partial charge in [-0.15, -0.1) is 0 Å². The minimum absolute atomic E-state index is 0.126. The van der Waals surface area contributed by atoms with Crippen molar-refractivity contribution in [2.45, 2.75) is 6.92 Å². The zero-order valence-corrected chi connectivity index (χ0v) is 11.6. The first-order chi connectivity index (χ1) is 10.4. The highest BCUT2D eigenvalue weighted by atomic mass is 16.6. The van der Waals surface area contributed by atoms with Crippen molar-refractivity contribution in [3.8, 4) is 0 Å². The predicted octanol–water partition coefficient (Wildman–Crippen LogP) is 3.24. The lowest BCUT2D eigenvalue weighted by atomic mass is 10.1. The van der Waals surface area contributed by atoms with Gasteiger partial charge in [0, 0.05) is 17.3 Å². The second-order valence-electron chi connectivity index (χ2n) is 4.56. The molecule has 0 atom stereocenters. The number of aromatic carboxylic acids is 1. The highest BCUT2D eigenvalue weighted by Gasteiger charge is 2.17. The van der Waals surface area contributed by atoms with Crippen molar-refractivity contribution in [1.82, 2.24) is 0 Å². The molecule has 0 spiro atoms. The van der Waals surface area contributed by atoms with E-state index in [1.54, 1.807) is 24.3 Å². The smallest absolute Gasteiger partial charge is 0.335 e. The summed E-state index contributed by atoms with van der Waals surface area (Å²) < 4.78 is 0. The van der Waals surface area contributed by atoms with Crippen molar-refractivity contribution in [3.63, 3.8) is 0 Å². The maximum Gasteiger partial charge on any atom is 0.335 e. The largest absolute Gasteiger partial charge is 0.478 e. The average molecular weight is 300 g/mol. The van der Waals surface area contributed by atoms with E-state index in [2.05, 4.69) is 5.32 Å². The molecule has 0 saturated carbocycles. The standard InChI is InChI=1S/C15H12N2O5/c1-9(18)10-3-2-4-12(7-10)16-13-6-5-11(15(19)20)8-14(13)17(21)22/h2-8,16H,1H3,(H,19,20). The fraction of sp³-hybridized carbons (Fsp3) is 0.0667. The van der Waals surface area contributed by atoms with Crippen LogP contribution >= 0.6 is 0 Å². The van der Waals surface area contributed by atoms with Crippen LogP contribution in [0.5, 0.6) is 0 Å². The molecular formula is C15H12N2O5. The van der Waals surface area contributed by atoms with Gasteiger partial charge in [0.05, 0.1) is 10.5 Å². The molecule has 0 bridgehead atoms. The zero-order valence-electron chi connectivity index (χ0n) is 11.6. The number of anilines is 2. The SMILES string of the molecule is CC(=O)c1cccc(Nc2ccc(C(=O)O)cc2[N+](=O)[O-])c1. The minimum atomic E-state index is -1.24. The Morgan fingerprint density at radius 1 is 1.14 bits per heavy atom. The lowest BCUT2D eigenvalue weighted by Crippen LogP contribution is -2.02. The van der Waals surface area contributed by atoms with Crippen LogP contribution in [-0.2, 0) is 0 Å². The number of rotatable bonds is 5. The van der Waals surface area contributed by atoms with E-state index in [1.165, 1.54) is 19.1 Å². The van der Waals surface area contributed by atoms with Crippen molar-refractivity contribution in [3.05, 3.63) is 63.7 Å². The number of carboxylic acid groups (broad SMARTS) is 1. The molecule has 0 radical (unpaired) electrons. The molecule has 0 aliphatic carbocycles. The van der Waals surface area contributed by atoms with Crippen LogP contribution in [0.4, 0.5) is 17.1 Å². The van der Waals surface area contributed by atoms with E-state index in [0.717, 1.165) is 6.07 Å². The minimum Gasteiger partial charge on any atom is -0.478 e. The molecule has 7 nitrogen and oxygen atoms in total. The number of ketones is 1. The van der Waals surface area contributed by atoms with Crippen molar-refractivity contribution in [2.24, 2.45) is 0 Å². The topological polar surface area (TPSA) is 110 Å². The molecule has 0 aliphatic heterocycles. The van der Waals surface area contributed by atoms with Crippen LogP contribution in [-0.4, -0.2) is 21.8 Å². The molecule has 0 fully saturated rings. The van der Waals surface area contributed by atoms with E-state index in [9.17, 15) is 19.7 Å².